The van der Waals surface area contributed by atoms with Crippen LogP contribution in [0.2, 0.25) is 0 Å². The van der Waals surface area contributed by atoms with Crippen molar-refractivity contribution < 1.29 is 14.6 Å². The number of hydrogen-bond donors (Lipinski definition) is 1. The second-order valence-electron chi connectivity index (χ2n) is 1.07. The van der Waals surface area contributed by atoms with E-state index in [1.54, 1.807) is 6.92 Å². The molecule has 0 bridgehead atoms. The van der Waals surface area contributed by atoms with Crippen LogP contribution in [0.3, 0.4) is 0 Å². The average molecular weight is 140 g/mol. The van der Waals surface area contributed by atoms with Crippen molar-refractivity contribution in [1.29, 1.82) is 0 Å². The second-order valence-corrected chi connectivity index (χ2v) is 1.07. The van der Waals surface area contributed by atoms with E-state index in [4.69, 9.17) is 5.11 Å². The van der Waals surface area contributed by atoms with Crippen LogP contribution in [0.1, 0.15) is 6.92 Å². The molecule has 0 radical (unpaired) electrons. The fourth-order valence-corrected chi connectivity index (χ4v) is 0.251. The molecule has 0 aliphatic heterocycles. The summed E-state index contributed by atoms with van der Waals surface area (Å²) in [5.41, 5.74) is 0. The molecule has 4 heteroatoms. The number of rotatable bonds is 2. The molecule has 0 aromatic heterocycles. The molecule has 0 saturated carbocycles. The number of aliphatic hydroxyl groups is 1. The Morgan fingerprint density at radius 3 is 2.67 bits per heavy atom. The van der Waals surface area contributed by atoms with Gasteiger partial charge in [0.1, 0.15) is 0 Å². The SMILES string of the molecule is CCOC(=O)C=CO.[NaH]. The van der Waals surface area contributed by atoms with Crippen LogP contribution in [0.25, 0.3) is 0 Å². The van der Waals surface area contributed by atoms with Crippen molar-refractivity contribution >= 4 is 35.5 Å². The first kappa shape index (κ1) is 11.8. The summed E-state index contributed by atoms with van der Waals surface area (Å²) in [6.45, 7) is 2.03. The van der Waals surface area contributed by atoms with Gasteiger partial charge in [0.25, 0.3) is 0 Å². The van der Waals surface area contributed by atoms with E-state index in [1.165, 1.54) is 0 Å². The van der Waals surface area contributed by atoms with Gasteiger partial charge in [-0.2, -0.15) is 0 Å². The Bertz CT molecular complexity index is 100. The predicted octanol–water partition coefficient (Wildman–Crippen LogP) is -0.0273. The molecule has 0 aromatic carbocycles. The van der Waals surface area contributed by atoms with E-state index in [0.29, 0.717) is 12.9 Å². The molecule has 0 rings (SSSR count). The van der Waals surface area contributed by atoms with Gasteiger partial charge in [-0.3, -0.25) is 0 Å². The molecule has 0 fully saturated rings. The van der Waals surface area contributed by atoms with Crippen molar-refractivity contribution in [2.75, 3.05) is 6.61 Å². The van der Waals surface area contributed by atoms with E-state index in [-0.39, 0.29) is 29.6 Å². The summed E-state index contributed by atoms with van der Waals surface area (Å²) in [5, 5.41) is 7.98. The van der Waals surface area contributed by atoms with Crippen molar-refractivity contribution in [3.8, 4) is 0 Å². The van der Waals surface area contributed by atoms with Gasteiger partial charge in [-0.1, -0.05) is 0 Å². The molecular weight excluding hydrogens is 131 g/mol. The van der Waals surface area contributed by atoms with Crippen LogP contribution in [0, 0.1) is 0 Å². The quantitative estimate of drug-likeness (QED) is 0.253. The molecule has 3 nitrogen and oxygen atoms in total. The van der Waals surface area contributed by atoms with Gasteiger partial charge < -0.3 is 9.84 Å². The summed E-state index contributed by atoms with van der Waals surface area (Å²) in [7, 11) is 0. The molecule has 0 amide bonds. The minimum absolute atomic E-state index is 0. The molecule has 9 heavy (non-hydrogen) atoms. The monoisotopic (exact) mass is 140 g/mol. The Labute approximate surface area is 76.0 Å². The molecule has 0 heterocycles. The standard InChI is InChI=1S/C5H8O3.Na.H/c1-2-8-5(7)3-4-6;;/h3-4,6H,2H2,1H3;;. The molecular formula is C5H9NaO3. The van der Waals surface area contributed by atoms with E-state index in [9.17, 15) is 4.79 Å². The van der Waals surface area contributed by atoms with E-state index in [1.807, 2.05) is 0 Å². The summed E-state index contributed by atoms with van der Waals surface area (Å²) < 4.78 is 4.40. The number of carbonyl (C=O) groups is 1. The summed E-state index contributed by atoms with van der Waals surface area (Å²) in [5.74, 6) is -0.519. The van der Waals surface area contributed by atoms with Crippen LogP contribution in [-0.2, 0) is 9.53 Å². The zero-order valence-corrected chi connectivity index (χ0v) is 4.63. The Morgan fingerprint density at radius 1 is 1.78 bits per heavy atom. The predicted molar refractivity (Wildman–Crippen MR) is 35.6 cm³/mol. The molecule has 0 aromatic rings. The van der Waals surface area contributed by atoms with E-state index >= 15 is 0 Å². The third-order valence-corrected chi connectivity index (χ3v) is 0.497. The van der Waals surface area contributed by atoms with Crippen LogP contribution < -0.4 is 0 Å². The molecule has 1 N–H and O–H groups in total. The first-order valence-electron chi connectivity index (χ1n) is 2.28. The summed E-state index contributed by atoms with van der Waals surface area (Å²) in [6, 6.07) is 0. The van der Waals surface area contributed by atoms with Crippen LogP contribution in [-0.4, -0.2) is 47.2 Å². The van der Waals surface area contributed by atoms with Crippen molar-refractivity contribution in [1.82, 2.24) is 0 Å². The number of esters is 1. The van der Waals surface area contributed by atoms with Crippen LogP contribution >= 0.6 is 0 Å². The molecule has 0 unspecified atom stereocenters. The Kier molecular flexibility index (Phi) is 10.5. The Hall–Kier alpha value is 0.0100. The third-order valence-electron chi connectivity index (χ3n) is 0.497. The van der Waals surface area contributed by atoms with Gasteiger partial charge in [0.2, 0.25) is 0 Å². The maximum absolute atomic E-state index is 10.2. The Morgan fingerprint density at radius 2 is 2.33 bits per heavy atom. The average Bonchev–Trinajstić information content (AvgIpc) is 1.68. The molecule has 0 aliphatic rings. The van der Waals surface area contributed by atoms with Crippen molar-refractivity contribution in [2.45, 2.75) is 6.92 Å². The van der Waals surface area contributed by atoms with Gasteiger partial charge in [-0.25, -0.2) is 4.79 Å². The van der Waals surface area contributed by atoms with Crippen molar-refractivity contribution in [3.63, 3.8) is 0 Å². The van der Waals surface area contributed by atoms with Gasteiger partial charge in [0, 0.05) is 0 Å². The maximum atomic E-state index is 10.2. The van der Waals surface area contributed by atoms with Crippen LogP contribution in [0.5, 0.6) is 0 Å². The molecule has 0 aliphatic carbocycles. The zero-order valence-electron chi connectivity index (χ0n) is 4.63. The summed E-state index contributed by atoms with van der Waals surface area (Å²) >= 11 is 0. The molecule has 0 spiro atoms. The van der Waals surface area contributed by atoms with E-state index in [0.717, 1.165) is 6.08 Å². The van der Waals surface area contributed by atoms with Gasteiger partial charge in [0.15, 0.2) is 0 Å². The van der Waals surface area contributed by atoms with Crippen molar-refractivity contribution in [3.05, 3.63) is 12.3 Å². The molecule has 48 valence electrons. The summed E-state index contributed by atoms with van der Waals surface area (Å²) in [4.78, 5) is 10.2. The fourth-order valence-electron chi connectivity index (χ4n) is 0.251. The minimum atomic E-state index is -0.519. The van der Waals surface area contributed by atoms with E-state index in [2.05, 4.69) is 4.74 Å². The third kappa shape index (κ3) is 8.01. The van der Waals surface area contributed by atoms with E-state index < -0.39 is 5.97 Å². The number of carbonyl (C=O) groups excluding carboxylic acids is 1. The van der Waals surface area contributed by atoms with Gasteiger partial charge in [-0.15, -0.1) is 0 Å². The van der Waals surface area contributed by atoms with Gasteiger partial charge in [0.05, 0.1) is 18.9 Å². The first-order valence-corrected chi connectivity index (χ1v) is 2.28. The van der Waals surface area contributed by atoms with Gasteiger partial charge in [-0.05, 0) is 6.92 Å². The number of ether oxygens (including phenoxy) is 1. The normalized spacial score (nSPS) is 8.56. The zero-order chi connectivity index (χ0) is 6.41. The number of hydrogen-bond acceptors (Lipinski definition) is 3. The Balaban J connectivity index is 0. The topological polar surface area (TPSA) is 46.5 Å². The van der Waals surface area contributed by atoms with Crippen LogP contribution in [0.4, 0.5) is 0 Å². The fraction of sp³-hybridized carbons (Fsp3) is 0.400. The number of aliphatic hydroxyl groups excluding tert-OH is 1. The summed E-state index contributed by atoms with van der Waals surface area (Å²) in [6.07, 6.45) is 1.60. The second kappa shape index (κ2) is 8.01. The van der Waals surface area contributed by atoms with Crippen molar-refractivity contribution in [2.24, 2.45) is 0 Å². The molecule has 0 atom stereocenters. The van der Waals surface area contributed by atoms with Crippen LogP contribution in [0.15, 0.2) is 12.3 Å². The molecule has 0 saturated heterocycles. The first-order chi connectivity index (χ1) is 3.81. The van der Waals surface area contributed by atoms with Gasteiger partial charge >= 0.3 is 35.5 Å².